The zero-order valence-electron chi connectivity index (χ0n) is 15.6. The zero-order valence-corrected chi connectivity index (χ0v) is 16.4. The molecule has 0 spiro atoms. The molecule has 1 saturated heterocycles. The lowest BCUT2D eigenvalue weighted by atomic mass is 9.80. The predicted molar refractivity (Wildman–Crippen MR) is 106 cm³/mol. The second kappa shape index (κ2) is 8.22. The van der Waals surface area contributed by atoms with Crippen LogP contribution in [0.15, 0.2) is 59.5 Å². The van der Waals surface area contributed by atoms with Crippen molar-refractivity contribution >= 4 is 16.9 Å². The molecule has 3 rings (SSSR count). The molecule has 0 bridgehead atoms. The van der Waals surface area contributed by atoms with Gasteiger partial charge in [-0.1, -0.05) is 18.2 Å². The number of ether oxygens (including phenoxy) is 1. The van der Waals surface area contributed by atoms with E-state index in [-0.39, 0.29) is 30.8 Å². The van der Waals surface area contributed by atoms with Crippen LogP contribution in [0.1, 0.15) is 12.8 Å². The Bertz CT molecular complexity index is 878. The molecular formula is C19H24BNO6S. The van der Waals surface area contributed by atoms with Crippen molar-refractivity contribution in [3.05, 3.63) is 54.6 Å². The Kier molecular flexibility index (Phi) is 6.11. The van der Waals surface area contributed by atoms with Gasteiger partial charge in [-0.05, 0) is 69.2 Å². The molecule has 7 nitrogen and oxygen atoms in total. The quantitative estimate of drug-likeness (QED) is 0.494. The molecule has 2 aromatic rings. The number of aliphatic hydroxyl groups excluding tert-OH is 1. The van der Waals surface area contributed by atoms with E-state index in [0.717, 1.165) is 0 Å². The van der Waals surface area contributed by atoms with Crippen LogP contribution in [-0.2, 0) is 9.84 Å². The van der Waals surface area contributed by atoms with E-state index in [9.17, 15) is 23.7 Å². The first-order chi connectivity index (χ1) is 13.3. The van der Waals surface area contributed by atoms with Gasteiger partial charge in [-0.3, -0.25) is 0 Å². The molecular weight excluding hydrogens is 381 g/mol. The molecule has 0 aliphatic carbocycles. The molecule has 9 heteroatoms. The van der Waals surface area contributed by atoms with Gasteiger partial charge in [0.25, 0.3) is 0 Å². The first kappa shape index (κ1) is 20.8. The summed E-state index contributed by atoms with van der Waals surface area (Å²) in [6.45, 7) is 2.11. The van der Waals surface area contributed by atoms with Gasteiger partial charge in [-0.25, -0.2) is 8.42 Å². The van der Waals surface area contributed by atoms with Gasteiger partial charge in [0.2, 0.25) is 0 Å². The maximum atomic E-state index is 13.3. The number of sulfone groups is 1. The number of piperidine rings is 1. The number of rotatable bonds is 6. The fraction of sp³-hybridized carbons (Fsp3) is 0.368. The van der Waals surface area contributed by atoms with Gasteiger partial charge < -0.3 is 24.8 Å². The highest BCUT2D eigenvalue weighted by Gasteiger charge is 2.52. The number of hydrogen-bond donors (Lipinski definition) is 3. The van der Waals surface area contributed by atoms with Crippen LogP contribution in [0.25, 0.3) is 0 Å². The van der Waals surface area contributed by atoms with Crippen molar-refractivity contribution in [1.82, 2.24) is 4.81 Å². The largest absolute Gasteiger partial charge is 0.457 e. The van der Waals surface area contributed by atoms with Crippen molar-refractivity contribution in [2.75, 3.05) is 13.1 Å². The fourth-order valence-corrected chi connectivity index (χ4v) is 5.45. The highest BCUT2D eigenvalue weighted by molar-refractivity contribution is 7.93. The normalized spacial score (nSPS) is 17.5. The molecule has 0 saturated carbocycles. The average Bonchev–Trinajstić information content (AvgIpc) is 2.69. The van der Waals surface area contributed by atoms with Crippen LogP contribution in [0.4, 0.5) is 0 Å². The van der Waals surface area contributed by atoms with E-state index >= 15 is 0 Å². The van der Waals surface area contributed by atoms with E-state index in [4.69, 9.17) is 4.74 Å². The van der Waals surface area contributed by atoms with Gasteiger partial charge in [0.05, 0.1) is 4.90 Å². The van der Waals surface area contributed by atoms with Crippen molar-refractivity contribution in [2.45, 2.75) is 35.6 Å². The lowest BCUT2D eigenvalue weighted by Gasteiger charge is -2.42. The second-order valence-electron chi connectivity index (χ2n) is 7.00. The zero-order chi connectivity index (χ0) is 20.4. The van der Waals surface area contributed by atoms with E-state index in [2.05, 4.69) is 0 Å². The van der Waals surface area contributed by atoms with Crippen molar-refractivity contribution in [1.29, 1.82) is 0 Å². The highest BCUT2D eigenvalue weighted by atomic mass is 32.2. The second-order valence-corrected chi connectivity index (χ2v) is 9.29. The number of benzene rings is 2. The lowest BCUT2D eigenvalue weighted by molar-refractivity contribution is -0.0827. The lowest BCUT2D eigenvalue weighted by Crippen LogP contribution is -2.58. The predicted octanol–water partition coefficient (Wildman–Crippen LogP) is 1.51. The summed E-state index contributed by atoms with van der Waals surface area (Å²) in [6, 6.07) is 15.0. The van der Waals surface area contributed by atoms with Gasteiger partial charge in [0.15, 0.2) is 16.1 Å². The Morgan fingerprint density at radius 3 is 2.04 bits per heavy atom. The molecule has 0 amide bonds. The molecule has 1 aliphatic rings. The van der Waals surface area contributed by atoms with Crippen molar-refractivity contribution < 1.29 is 28.4 Å². The van der Waals surface area contributed by atoms with Crippen LogP contribution >= 0.6 is 0 Å². The van der Waals surface area contributed by atoms with E-state index in [1.165, 1.54) is 12.1 Å². The SMILES string of the molecule is CB(O)N1CCC(C(O)O)(S(=O)(=O)c2ccc(Oc3ccccc3)cc2)CC1. The van der Waals surface area contributed by atoms with Crippen LogP contribution in [-0.4, -0.2) is 59.6 Å². The van der Waals surface area contributed by atoms with Gasteiger partial charge in [0, 0.05) is 0 Å². The summed E-state index contributed by atoms with van der Waals surface area (Å²) in [5.41, 5.74) is 0. The van der Waals surface area contributed by atoms with Gasteiger partial charge >= 0.3 is 7.05 Å². The number of hydrogen-bond acceptors (Lipinski definition) is 7. The standard InChI is InChI=1S/C19H24BNO6S/c1-20(24)21-13-11-19(12-14-21,18(22)23)28(25,26)17-9-7-16(8-10-17)27-15-5-3-2-4-6-15/h2-10,18,22-24H,11-14H2,1H3. The van der Waals surface area contributed by atoms with Crippen LogP contribution in [0.5, 0.6) is 11.5 Å². The summed E-state index contributed by atoms with van der Waals surface area (Å²) in [5, 5.41) is 29.6. The smallest absolute Gasteiger partial charge is 0.376 e. The van der Waals surface area contributed by atoms with E-state index in [1.807, 2.05) is 18.2 Å². The van der Waals surface area contributed by atoms with Gasteiger partial charge in [0.1, 0.15) is 16.2 Å². The summed E-state index contributed by atoms with van der Waals surface area (Å²) in [5.74, 6) is 1.11. The Labute approximate surface area is 165 Å². The van der Waals surface area contributed by atoms with Gasteiger partial charge in [-0.2, -0.15) is 0 Å². The van der Waals surface area contributed by atoms with E-state index in [1.54, 1.807) is 35.9 Å². The minimum atomic E-state index is -4.03. The molecule has 0 unspecified atom stereocenters. The monoisotopic (exact) mass is 405 g/mol. The Morgan fingerprint density at radius 2 is 1.54 bits per heavy atom. The molecule has 28 heavy (non-hydrogen) atoms. The minimum absolute atomic E-state index is 0.00603. The Balaban J connectivity index is 1.84. The molecule has 1 fully saturated rings. The molecule has 0 radical (unpaired) electrons. The Morgan fingerprint density at radius 1 is 1.00 bits per heavy atom. The number of aliphatic hydroxyl groups is 2. The summed E-state index contributed by atoms with van der Waals surface area (Å²) >= 11 is 0. The van der Waals surface area contributed by atoms with Crippen LogP contribution < -0.4 is 4.74 Å². The number of nitrogens with zero attached hydrogens (tertiary/aromatic N) is 1. The van der Waals surface area contributed by atoms with Gasteiger partial charge in [-0.15, -0.1) is 0 Å². The van der Waals surface area contributed by atoms with Crippen molar-refractivity contribution in [2.24, 2.45) is 0 Å². The maximum absolute atomic E-state index is 13.3. The maximum Gasteiger partial charge on any atom is 0.376 e. The summed E-state index contributed by atoms with van der Waals surface area (Å²) in [6.07, 6.45) is -1.99. The first-order valence-electron chi connectivity index (χ1n) is 9.12. The highest BCUT2D eigenvalue weighted by Crippen LogP contribution is 2.38. The van der Waals surface area contributed by atoms with Crippen molar-refractivity contribution in [3.63, 3.8) is 0 Å². The molecule has 3 N–H and O–H groups in total. The molecule has 1 aliphatic heterocycles. The third-order valence-electron chi connectivity index (χ3n) is 5.29. The molecule has 2 aromatic carbocycles. The molecule has 0 atom stereocenters. The number of para-hydroxylation sites is 1. The topological polar surface area (TPSA) is 107 Å². The summed E-state index contributed by atoms with van der Waals surface area (Å²) in [4.78, 5) is 1.71. The first-order valence-corrected chi connectivity index (χ1v) is 10.6. The van der Waals surface area contributed by atoms with E-state index < -0.39 is 27.9 Å². The van der Waals surface area contributed by atoms with E-state index in [0.29, 0.717) is 11.5 Å². The fourth-order valence-electron chi connectivity index (χ4n) is 3.49. The summed E-state index contributed by atoms with van der Waals surface area (Å²) < 4.78 is 30.5. The van der Waals surface area contributed by atoms with Crippen molar-refractivity contribution in [3.8, 4) is 11.5 Å². The Hall–Kier alpha value is -1.91. The van der Waals surface area contributed by atoms with Crippen LogP contribution in [0, 0.1) is 0 Å². The third-order valence-corrected chi connectivity index (χ3v) is 7.87. The average molecular weight is 405 g/mol. The summed E-state index contributed by atoms with van der Waals surface area (Å²) in [7, 11) is -4.74. The third kappa shape index (κ3) is 3.94. The van der Waals surface area contributed by atoms with Crippen LogP contribution in [0.3, 0.4) is 0 Å². The molecule has 0 aromatic heterocycles. The minimum Gasteiger partial charge on any atom is -0.457 e. The molecule has 150 valence electrons. The molecule has 1 heterocycles. The van der Waals surface area contributed by atoms with Crippen LogP contribution in [0.2, 0.25) is 6.82 Å².